The summed E-state index contributed by atoms with van der Waals surface area (Å²) < 4.78 is 1.91. The second kappa shape index (κ2) is 2.46. The van der Waals surface area contributed by atoms with E-state index in [0.717, 1.165) is 12.1 Å². The van der Waals surface area contributed by atoms with Crippen LogP contribution in [0.1, 0.15) is 0 Å². The van der Waals surface area contributed by atoms with Gasteiger partial charge in [0.25, 0.3) is 0 Å². The first kappa shape index (κ1) is 6.72. The van der Waals surface area contributed by atoms with E-state index in [-0.39, 0.29) is 0 Å². The van der Waals surface area contributed by atoms with Crippen LogP contribution in [0.5, 0.6) is 0 Å². The Bertz CT molecular complexity index is 164. The fourth-order valence-electron chi connectivity index (χ4n) is 0.809. The predicted molar refractivity (Wildman–Crippen MR) is 41.9 cm³/mol. The Morgan fingerprint density at radius 1 is 1.67 bits per heavy atom. The van der Waals surface area contributed by atoms with E-state index in [4.69, 9.17) is 11.1 Å². The molecule has 1 fully saturated rings. The molecule has 0 aromatic carbocycles. The standard InChI is InChI=1S/C5H9N3P/c6-1-4-2-8(9)3-5(4)7/h1H,2-3,6,9H2/q-1/b4-1-. The second-order valence-corrected chi connectivity index (χ2v) is 2.77. The van der Waals surface area contributed by atoms with Crippen LogP contribution in [0, 0.1) is 0 Å². The summed E-state index contributed by atoms with van der Waals surface area (Å²) in [7, 11) is 2.51. The van der Waals surface area contributed by atoms with Gasteiger partial charge in [0.15, 0.2) is 0 Å². The highest BCUT2D eigenvalue weighted by Crippen LogP contribution is 2.14. The molecule has 0 bridgehead atoms. The molecule has 0 spiro atoms. The Labute approximate surface area is 56.7 Å². The molecular formula is C5H9N3P-. The molecule has 9 heavy (non-hydrogen) atoms. The first-order valence-electron chi connectivity index (χ1n) is 2.69. The lowest BCUT2D eigenvalue weighted by molar-refractivity contribution is 0.622. The van der Waals surface area contributed by atoms with Crippen LogP contribution in [0.4, 0.5) is 0 Å². The third kappa shape index (κ3) is 1.29. The number of hydrogen-bond donors (Lipinski definition) is 1. The minimum Gasteiger partial charge on any atom is -0.806 e. The van der Waals surface area contributed by atoms with Gasteiger partial charge < -0.3 is 11.1 Å². The molecule has 1 atom stereocenters. The first-order valence-corrected chi connectivity index (χ1v) is 3.21. The molecule has 2 N–H and O–H groups in total. The van der Waals surface area contributed by atoms with Gasteiger partial charge in [0.05, 0.1) is 0 Å². The second-order valence-electron chi connectivity index (χ2n) is 2.04. The Kier molecular flexibility index (Phi) is 1.84. The van der Waals surface area contributed by atoms with Crippen LogP contribution >= 0.6 is 9.39 Å². The fraction of sp³-hybridized carbons (Fsp3) is 0.400. The van der Waals surface area contributed by atoms with Crippen LogP contribution in [-0.4, -0.2) is 23.5 Å². The van der Waals surface area contributed by atoms with Crippen molar-refractivity contribution in [1.29, 1.82) is 0 Å². The molecule has 1 aliphatic rings. The average Bonchev–Trinajstić information content (AvgIpc) is 2.10. The topological polar surface area (TPSA) is 51.6 Å². The molecule has 0 radical (unpaired) electrons. The quantitative estimate of drug-likeness (QED) is 0.482. The normalized spacial score (nSPS) is 25.9. The molecule has 1 heterocycles. The van der Waals surface area contributed by atoms with E-state index in [2.05, 4.69) is 9.39 Å². The van der Waals surface area contributed by atoms with E-state index in [1.54, 1.807) is 0 Å². The van der Waals surface area contributed by atoms with E-state index in [1.165, 1.54) is 6.20 Å². The third-order valence-corrected chi connectivity index (χ3v) is 1.66. The van der Waals surface area contributed by atoms with Crippen LogP contribution in [0.2, 0.25) is 0 Å². The van der Waals surface area contributed by atoms with Crippen molar-refractivity contribution in [2.24, 2.45) is 5.73 Å². The molecule has 1 saturated heterocycles. The summed E-state index contributed by atoms with van der Waals surface area (Å²) in [6, 6.07) is 0. The van der Waals surface area contributed by atoms with Gasteiger partial charge in [0.2, 0.25) is 0 Å². The summed E-state index contributed by atoms with van der Waals surface area (Å²) in [6.45, 7) is 1.32. The number of rotatable bonds is 0. The molecule has 0 aromatic rings. The van der Waals surface area contributed by atoms with Gasteiger partial charge in [0, 0.05) is 13.1 Å². The summed E-state index contributed by atoms with van der Waals surface area (Å²) >= 11 is 0. The van der Waals surface area contributed by atoms with Gasteiger partial charge in [-0.15, -0.1) is 0 Å². The lowest BCUT2D eigenvalue weighted by Gasteiger charge is -2.03. The minimum absolute atomic E-state index is 0.382. The van der Waals surface area contributed by atoms with Crippen molar-refractivity contribution in [2.75, 3.05) is 13.1 Å². The molecule has 3 nitrogen and oxygen atoms in total. The van der Waals surface area contributed by atoms with E-state index in [1.807, 2.05) is 4.67 Å². The van der Waals surface area contributed by atoms with Crippen molar-refractivity contribution in [3.63, 3.8) is 0 Å². The lowest BCUT2D eigenvalue weighted by Crippen LogP contribution is -2.04. The highest BCUT2D eigenvalue weighted by atomic mass is 31.0. The fourth-order valence-corrected chi connectivity index (χ4v) is 1.18. The maximum absolute atomic E-state index is 9.07. The highest BCUT2D eigenvalue weighted by Gasteiger charge is 2.10. The van der Waals surface area contributed by atoms with Crippen LogP contribution in [-0.2, 0) is 0 Å². The van der Waals surface area contributed by atoms with Crippen molar-refractivity contribution in [3.8, 4) is 0 Å². The smallest absolute Gasteiger partial charge is 0.0269 e. The Hall–Kier alpha value is -0.400. The SMILES string of the molecule is [N-]=C1CN(P)C/C1=C/N. The van der Waals surface area contributed by atoms with Crippen LogP contribution in [0.3, 0.4) is 0 Å². The van der Waals surface area contributed by atoms with Gasteiger partial charge in [0.1, 0.15) is 0 Å². The van der Waals surface area contributed by atoms with Gasteiger partial charge in [-0.3, -0.25) is 4.67 Å². The van der Waals surface area contributed by atoms with Crippen LogP contribution in [0.25, 0.3) is 5.41 Å². The zero-order chi connectivity index (χ0) is 6.85. The molecule has 0 amide bonds. The predicted octanol–water partition coefficient (Wildman–Crippen LogP) is -0.0549. The average molecular weight is 142 g/mol. The van der Waals surface area contributed by atoms with Gasteiger partial charge in [-0.2, -0.15) is 5.71 Å². The number of nitrogens with two attached hydrogens (primary N) is 1. The van der Waals surface area contributed by atoms with E-state index in [0.29, 0.717) is 12.3 Å². The summed E-state index contributed by atoms with van der Waals surface area (Å²) in [5, 5.41) is 9.07. The number of nitrogens with zero attached hydrogens (tertiary/aromatic N) is 2. The van der Waals surface area contributed by atoms with Crippen molar-refractivity contribution in [3.05, 3.63) is 17.2 Å². The molecule has 50 valence electrons. The molecule has 0 aromatic heterocycles. The largest absolute Gasteiger partial charge is 0.806 e. The van der Waals surface area contributed by atoms with Crippen molar-refractivity contribution in [1.82, 2.24) is 4.67 Å². The summed E-state index contributed by atoms with van der Waals surface area (Å²) in [6.07, 6.45) is 1.44. The molecule has 0 aliphatic carbocycles. The maximum atomic E-state index is 9.07. The highest BCUT2D eigenvalue weighted by molar-refractivity contribution is 7.13. The third-order valence-electron chi connectivity index (χ3n) is 1.30. The Balaban J connectivity index is 2.70. The van der Waals surface area contributed by atoms with Gasteiger partial charge in [-0.1, -0.05) is 9.39 Å². The van der Waals surface area contributed by atoms with Crippen molar-refractivity contribution in [2.45, 2.75) is 0 Å². The van der Waals surface area contributed by atoms with Crippen LogP contribution in [0.15, 0.2) is 11.8 Å². The van der Waals surface area contributed by atoms with Gasteiger partial charge in [-0.25, -0.2) is 0 Å². The molecule has 1 unspecified atom stereocenters. The molecule has 1 aliphatic heterocycles. The van der Waals surface area contributed by atoms with Crippen LogP contribution < -0.4 is 5.73 Å². The lowest BCUT2D eigenvalue weighted by atomic mass is 10.2. The van der Waals surface area contributed by atoms with Gasteiger partial charge >= 0.3 is 0 Å². The molecule has 1 rings (SSSR count). The summed E-state index contributed by atoms with van der Waals surface area (Å²) in [5.41, 5.74) is 6.41. The van der Waals surface area contributed by atoms with Gasteiger partial charge in [-0.05, 0) is 11.8 Å². The first-order chi connectivity index (χ1) is 4.24. The maximum Gasteiger partial charge on any atom is 0.0269 e. The number of hydrogen-bond acceptors (Lipinski definition) is 2. The van der Waals surface area contributed by atoms with Crippen molar-refractivity contribution >= 4 is 15.1 Å². The summed E-state index contributed by atoms with van der Waals surface area (Å²) in [5.74, 6) is 0. The Morgan fingerprint density at radius 3 is 2.56 bits per heavy atom. The van der Waals surface area contributed by atoms with Crippen molar-refractivity contribution < 1.29 is 0 Å². The summed E-state index contributed by atoms with van der Waals surface area (Å²) in [4.78, 5) is 0. The molecule has 0 saturated carbocycles. The molecule has 4 heteroatoms. The Morgan fingerprint density at radius 2 is 2.33 bits per heavy atom. The zero-order valence-corrected chi connectivity index (χ0v) is 6.20. The minimum atomic E-state index is 0.382. The zero-order valence-electron chi connectivity index (χ0n) is 5.04. The van der Waals surface area contributed by atoms with E-state index >= 15 is 0 Å². The van der Waals surface area contributed by atoms with E-state index < -0.39 is 0 Å². The van der Waals surface area contributed by atoms with E-state index in [9.17, 15) is 0 Å². The molecular weight excluding hydrogens is 133 g/mol. The monoisotopic (exact) mass is 142 g/mol.